The molecule has 0 radical (unpaired) electrons. The van der Waals surface area contributed by atoms with Gasteiger partial charge in [-0.3, -0.25) is 9.78 Å². The first-order chi connectivity index (χ1) is 17.2. The summed E-state index contributed by atoms with van der Waals surface area (Å²) in [4.78, 5) is 26.8. The second kappa shape index (κ2) is 9.98. The molecule has 0 aliphatic heterocycles. The van der Waals surface area contributed by atoms with E-state index in [0.29, 0.717) is 45.7 Å². The number of pyridine rings is 1. The topological polar surface area (TPSA) is 124 Å². The highest BCUT2D eigenvalue weighted by atomic mass is 35.5. The van der Waals surface area contributed by atoms with Gasteiger partial charge in [0.2, 0.25) is 0 Å². The Bertz CT molecular complexity index is 1430. The largest absolute Gasteiger partial charge is 0.493 e. The molecule has 4 aromatic rings. The van der Waals surface area contributed by atoms with Gasteiger partial charge in [-0.1, -0.05) is 17.7 Å². The summed E-state index contributed by atoms with van der Waals surface area (Å²) in [5.74, 6) is 1.42. The third-order valence-corrected chi connectivity index (χ3v) is 6.44. The number of halogens is 1. The molecule has 0 bridgehead atoms. The highest BCUT2D eigenvalue weighted by Gasteiger charge is 2.26. The van der Waals surface area contributed by atoms with E-state index in [1.165, 1.54) is 11.2 Å². The number of rotatable bonds is 7. The number of nitrogens with two attached hydrogens (primary N) is 1. The Morgan fingerprint density at radius 1 is 1.28 bits per heavy atom. The van der Waals surface area contributed by atoms with Gasteiger partial charge in [0.05, 0.1) is 12.6 Å². The lowest BCUT2D eigenvalue weighted by molar-refractivity contribution is 0.0822. The molecular formula is C25H29ClN8O2. The maximum absolute atomic E-state index is 12.3. The standard InChI is InChI=1S/C25H29ClN8O2/c1-7-36-21-16(14(3)34-24-20(23(28-4)32-34)22(27)30-12-31-24)10-17(26)13(2)19(21)15-8-9-18(29-11-15)25(35)33(5)6/h8-12,14H,7H2,1-6H3,(H,28,32)(H2,27,30,31). The smallest absolute Gasteiger partial charge is 0.271 e. The minimum Gasteiger partial charge on any atom is -0.493 e. The van der Waals surface area contributed by atoms with Gasteiger partial charge in [-0.2, -0.15) is 5.10 Å². The van der Waals surface area contributed by atoms with Crippen LogP contribution in [0.4, 0.5) is 11.6 Å². The summed E-state index contributed by atoms with van der Waals surface area (Å²) in [7, 11) is 5.15. The molecule has 3 N–H and O–H groups in total. The first-order valence-electron chi connectivity index (χ1n) is 11.5. The highest BCUT2D eigenvalue weighted by Crippen LogP contribution is 2.44. The van der Waals surface area contributed by atoms with E-state index in [1.54, 1.807) is 38.1 Å². The van der Waals surface area contributed by atoms with Crippen molar-refractivity contribution in [1.82, 2.24) is 29.6 Å². The van der Waals surface area contributed by atoms with E-state index in [4.69, 9.17) is 27.2 Å². The van der Waals surface area contributed by atoms with Gasteiger partial charge in [-0.05, 0) is 38.5 Å². The number of ether oxygens (including phenoxy) is 1. The first-order valence-corrected chi connectivity index (χ1v) is 11.9. The number of hydrogen-bond donors (Lipinski definition) is 2. The summed E-state index contributed by atoms with van der Waals surface area (Å²) in [5.41, 5.74) is 10.3. The number of carbonyl (C=O) groups is 1. The van der Waals surface area contributed by atoms with Crippen LogP contribution in [0.5, 0.6) is 5.75 Å². The molecule has 11 heteroatoms. The number of nitrogens with zero attached hydrogens (tertiary/aromatic N) is 6. The van der Waals surface area contributed by atoms with Gasteiger partial charge in [-0.15, -0.1) is 0 Å². The molecule has 0 spiro atoms. The highest BCUT2D eigenvalue weighted by molar-refractivity contribution is 6.32. The molecule has 1 amide bonds. The fourth-order valence-corrected chi connectivity index (χ4v) is 4.38. The van der Waals surface area contributed by atoms with E-state index in [2.05, 4.69) is 20.3 Å². The maximum Gasteiger partial charge on any atom is 0.271 e. The van der Waals surface area contributed by atoms with Crippen LogP contribution in [0.15, 0.2) is 30.7 Å². The fraction of sp³-hybridized carbons (Fsp3) is 0.320. The second-order valence-electron chi connectivity index (χ2n) is 8.52. The summed E-state index contributed by atoms with van der Waals surface area (Å²) < 4.78 is 7.99. The van der Waals surface area contributed by atoms with Gasteiger partial charge in [-0.25, -0.2) is 14.6 Å². The van der Waals surface area contributed by atoms with Gasteiger partial charge in [0.25, 0.3) is 5.91 Å². The van der Waals surface area contributed by atoms with Gasteiger partial charge in [0.15, 0.2) is 11.5 Å². The van der Waals surface area contributed by atoms with E-state index in [-0.39, 0.29) is 11.9 Å². The molecule has 0 aliphatic rings. The van der Waals surface area contributed by atoms with E-state index < -0.39 is 0 Å². The number of aromatic nitrogens is 5. The van der Waals surface area contributed by atoms with E-state index in [9.17, 15) is 4.79 Å². The predicted molar refractivity (Wildman–Crippen MR) is 142 cm³/mol. The molecule has 0 saturated heterocycles. The van der Waals surface area contributed by atoms with Crippen LogP contribution >= 0.6 is 11.6 Å². The van der Waals surface area contributed by atoms with Crippen molar-refractivity contribution in [3.63, 3.8) is 0 Å². The number of carbonyl (C=O) groups excluding carboxylic acids is 1. The molecule has 1 aromatic carbocycles. The molecule has 1 atom stereocenters. The Balaban J connectivity index is 1.91. The minimum absolute atomic E-state index is 0.170. The number of fused-ring (bicyclic) bond motifs is 1. The lowest BCUT2D eigenvalue weighted by Crippen LogP contribution is -2.22. The van der Waals surface area contributed by atoms with Crippen LogP contribution in [-0.4, -0.2) is 63.3 Å². The SMILES string of the molecule is CCOc1c(C(C)n2nc(NC)c3c(N)ncnc32)cc(Cl)c(C)c1-c1ccc(C(=O)N(C)C)nc1. The molecule has 188 valence electrons. The second-order valence-corrected chi connectivity index (χ2v) is 8.93. The van der Waals surface area contributed by atoms with Gasteiger partial charge in [0, 0.05) is 49.1 Å². The first kappa shape index (κ1) is 25.2. The summed E-state index contributed by atoms with van der Waals surface area (Å²) in [6, 6.07) is 5.14. The van der Waals surface area contributed by atoms with Crippen molar-refractivity contribution < 1.29 is 9.53 Å². The third-order valence-electron chi connectivity index (χ3n) is 6.04. The molecule has 3 aromatic heterocycles. The number of nitrogen functional groups attached to an aromatic ring is 1. The van der Waals surface area contributed by atoms with Crippen LogP contribution in [0.3, 0.4) is 0 Å². The van der Waals surface area contributed by atoms with Crippen LogP contribution in [0.1, 0.15) is 41.5 Å². The van der Waals surface area contributed by atoms with Crippen molar-refractivity contribution in [3.05, 3.63) is 52.6 Å². The van der Waals surface area contributed by atoms with Gasteiger partial charge < -0.3 is 20.7 Å². The van der Waals surface area contributed by atoms with Crippen LogP contribution in [-0.2, 0) is 0 Å². The molecule has 0 saturated carbocycles. The van der Waals surface area contributed by atoms with Crippen molar-refractivity contribution in [2.75, 3.05) is 38.8 Å². The van der Waals surface area contributed by atoms with Crippen molar-refractivity contribution in [3.8, 4) is 16.9 Å². The zero-order valence-electron chi connectivity index (χ0n) is 21.1. The number of hydrogen-bond acceptors (Lipinski definition) is 8. The van der Waals surface area contributed by atoms with E-state index in [0.717, 1.165) is 22.3 Å². The van der Waals surface area contributed by atoms with Crippen molar-refractivity contribution in [2.45, 2.75) is 26.8 Å². The van der Waals surface area contributed by atoms with Crippen LogP contribution < -0.4 is 15.8 Å². The van der Waals surface area contributed by atoms with Crippen LogP contribution in [0, 0.1) is 6.92 Å². The molecule has 36 heavy (non-hydrogen) atoms. The van der Waals surface area contributed by atoms with Crippen LogP contribution in [0.25, 0.3) is 22.2 Å². The Morgan fingerprint density at radius 2 is 2.03 bits per heavy atom. The van der Waals surface area contributed by atoms with Crippen molar-refractivity contribution >= 4 is 40.2 Å². The Hall–Kier alpha value is -3.92. The summed E-state index contributed by atoms with van der Waals surface area (Å²) >= 11 is 6.75. The number of anilines is 2. The fourth-order valence-electron chi connectivity index (χ4n) is 4.17. The molecule has 4 rings (SSSR count). The molecule has 1 unspecified atom stereocenters. The maximum atomic E-state index is 12.3. The normalized spacial score (nSPS) is 12.0. The number of benzene rings is 1. The molecule has 3 heterocycles. The average molecular weight is 509 g/mol. The zero-order valence-corrected chi connectivity index (χ0v) is 21.9. The zero-order chi connectivity index (χ0) is 26.1. The van der Waals surface area contributed by atoms with Gasteiger partial charge in [0.1, 0.15) is 29.0 Å². The van der Waals surface area contributed by atoms with Crippen molar-refractivity contribution in [2.24, 2.45) is 0 Å². The Kier molecular flexibility index (Phi) is 6.98. The molecule has 0 fully saturated rings. The lowest BCUT2D eigenvalue weighted by atomic mass is 9.94. The predicted octanol–water partition coefficient (Wildman–Crippen LogP) is 4.18. The van der Waals surface area contributed by atoms with Crippen LogP contribution in [0.2, 0.25) is 5.02 Å². The lowest BCUT2D eigenvalue weighted by Gasteiger charge is -2.23. The molecule has 10 nitrogen and oxygen atoms in total. The summed E-state index contributed by atoms with van der Waals surface area (Å²) in [6.45, 7) is 6.29. The van der Waals surface area contributed by atoms with E-state index >= 15 is 0 Å². The Morgan fingerprint density at radius 3 is 2.64 bits per heavy atom. The molecule has 0 aliphatic carbocycles. The third kappa shape index (κ3) is 4.28. The van der Waals surface area contributed by atoms with Crippen molar-refractivity contribution in [1.29, 1.82) is 0 Å². The number of nitrogens with one attached hydrogen (secondary N) is 1. The monoisotopic (exact) mass is 508 g/mol. The molecular weight excluding hydrogens is 480 g/mol. The summed E-state index contributed by atoms with van der Waals surface area (Å²) in [5, 5.41) is 9.01. The summed E-state index contributed by atoms with van der Waals surface area (Å²) in [6.07, 6.45) is 3.09. The number of amides is 1. The Labute approximate surface area is 214 Å². The van der Waals surface area contributed by atoms with Gasteiger partial charge >= 0.3 is 0 Å². The quantitative estimate of drug-likeness (QED) is 0.381. The van der Waals surface area contributed by atoms with E-state index in [1.807, 2.05) is 32.9 Å². The minimum atomic E-state index is -0.315. The average Bonchev–Trinajstić information content (AvgIpc) is 3.26.